The Labute approximate surface area is 165 Å². The molecule has 1 fully saturated rings. The van der Waals surface area contributed by atoms with E-state index < -0.39 is 64.2 Å². The van der Waals surface area contributed by atoms with Crippen LogP contribution in [-0.2, 0) is 19.1 Å². The van der Waals surface area contributed by atoms with Crippen molar-refractivity contribution >= 4 is 41.0 Å². The molecule has 0 bridgehead atoms. The number of ether oxygens (including phenoxy) is 1. The predicted molar refractivity (Wildman–Crippen MR) is 95.0 cm³/mol. The van der Waals surface area contributed by atoms with E-state index >= 15 is 0 Å². The molecule has 1 aliphatic heterocycles. The van der Waals surface area contributed by atoms with Gasteiger partial charge >= 0.3 is 5.97 Å². The average Bonchev–Trinajstić information content (AvgIpc) is 2.53. The zero-order valence-electron chi connectivity index (χ0n) is 14.9. The summed E-state index contributed by atoms with van der Waals surface area (Å²) in [6.45, 7) is 4.04. The number of rotatable bonds is 4. The number of esters is 1. The summed E-state index contributed by atoms with van der Waals surface area (Å²) in [4.78, 5) is 34.8. The van der Waals surface area contributed by atoms with E-state index in [1.54, 1.807) is 0 Å². The van der Waals surface area contributed by atoms with Gasteiger partial charge in [-0.15, -0.1) is 23.2 Å². The Morgan fingerprint density at radius 1 is 1.33 bits per heavy atom. The third-order valence-corrected chi connectivity index (χ3v) is 5.73. The number of halogens is 2. The van der Waals surface area contributed by atoms with E-state index in [0.717, 1.165) is 0 Å². The van der Waals surface area contributed by atoms with Crippen molar-refractivity contribution in [2.75, 3.05) is 0 Å². The third-order valence-electron chi connectivity index (χ3n) is 4.86. The van der Waals surface area contributed by atoms with Crippen LogP contribution in [0.1, 0.15) is 27.2 Å². The molecule has 6 atom stereocenters. The summed E-state index contributed by atoms with van der Waals surface area (Å²) in [7, 11) is 0. The molecule has 2 amide bonds. The molecule has 27 heavy (non-hydrogen) atoms. The topological polar surface area (TPSA) is 145 Å². The fraction of sp³-hybridized carbons (Fsp3) is 0.688. The number of hydrogen-bond acceptors (Lipinski definition) is 7. The smallest absolute Gasteiger partial charge is 0.338 e. The van der Waals surface area contributed by atoms with Crippen molar-refractivity contribution < 1.29 is 34.4 Å². The molecule has 11 heteroatoms. The molecule has 5 N–H and O–H groups in total. The molecular weight excluding hydrogens is 403 g/mol. The van der Waals surface area contributed by atoms with Crippen molar-refractivity contribution in [3.63, 3.8) is 0 Å². The highest BCUT2D eigenvalue weighted by Gasteiger charge is 2.59. The number of carbonyl (C=O) groups is 3. The van der Waals surface area contributed by atoms with E-state index in [0.29, 0.717) is 0 Å². The first-order valence-electron chi connectivity index (χ1n) is 8.27. The lowest BCUT2D eigenvalue weighted by Gasteiger charge is -2.50. The molecule has 0 radical (unpaired) electrons. The molecule has 0 aromatic heterocycles. The second-order valence-electron chi connectivity index (χ2n) is 6.93. The first-order valence-corrected chi connectivity index (χ1v) is 9.14. The Hall–Kier alpha value is -1.55. The van der Waals surface area contributed by atoms with E-state index in [-0.39, 0.29) is 12.0 Å². The van der Waals surface area contributed by atoms with Crippen LogP contribution in [0.15, 0.2) is 11.3 Å². The third kappa shape index (κ3) is 4.01. The number of carbonyl (C=O) groups excluding carboxylic acids is 3. The summed E-state index contributed by atoms with van der Waals surface area (Å²) in [6.07, 6.45) is -3.20. The van der Waals surface area contributed by atoms with Gasteiger partial charge in [0.2, 0.25) is 11.8 Å². The van der Waals surface area contributed by atoms with E-state index in [1.807, 2.05) is 0 Å². The molecule has 152 valence electrons. The van der Waals surface area contributed by atoms with Gasteiger partial charge in [-0.2, -0.15) is 0 Å². The number of aliphatic hydroxyl groups is 3. The summed E-state index contributed by atoms with van der Waals surface area (Å²) >= 11 is 12.0. The van der Waals surface area contributed by atoms with Crippen LogP contribution in [0, 0.1) is 5.92 Å². The van der Waals surface area contributed by atoms with Crippen LogP contribution < -0.4 is 10.6 Å². The Morgan fingerprint density at radius 3 is 2.44 bits per heavy atom. The molecule has 9 nitrogen and oxygen atoms in total. The quantitative estimate of drug-likeness (QED) is 0.306. The lowest BCUT2D eigenvalue weighted by molar-refractivity contribution is -0.173. The molecular formula is C16H22Cl2N2O7. The van der Waals surface area contributed by atoms with Crippen molar-refractivity contribution in [2.45, 2.75) is 61.9 Å². The maximum Gasteiger partial charge on any atom is 0.338 e. The van der Waals surface area contributed by atoms with Gasteiger partial charge < -0.3 is 30.7 Å². The van der Waals surface area contributed by atoms with E-state index in [9.17, 15) is 29.7 Å². The summed E-state index contributed by atoms with van der Waals surface area (Å²) < 4.78 is 5.32. The minimum atomic E-state index is -1.67. The molecule has 2 rings (SSSR count). The van der Waals surface area contributed by atoms with Gasteiger partial charge in [-0.25, -0.2) is 4.79 Å². The molecule has 1 aliphatic carbocycles. The number of aliphatic hydroxyl groups excluding tert-OH is 3. The van der Waals surface area contributed by atoms with Gasteiger partial charge in [0, 0.05) is 19.3 Å². The van der Waals surface area contributed by atoms with Gasteiger partial charge in [0.25, 0.3) is 0 Å². The summed E-state index contributed by atoms with van der Waals surface area (Å²) in [6, 6.07) is -2.12. The Morgan fingerprint density at radius 2 is 1.93 bits per heavy atom. The largest absolute Gasteiger partial charge is 0.512 e. The summed E-state index contributed by atoms with van der Waals surface area (Å²) in [5.41, 5.74) is -1.92. The second kappa shape index (κ2) is 7.83. The van der Waals surface area contributed by atoms with Crippen LogP contribution in [0.3, 0.4) is 0 Å². The maximum absolute atomic E-state index is 12.5. The number of alkyl halides is 2. The molecule has 0 spiro atoms. The number of hydrogen-bond donors (Lipinski definition) is 5. The van der Waals surface area contributed by atoms with Crippen molar-refractivity contribution in [3.05, 3.63) is 11.3 Å². The predicted octanol–water partition coefficient (Wildman–Crippen LogP) is -0.331. The van der Waals surface area contributed by atoms with E-state index in [1.165, 1.54) is 20.8 Å². The van der Waals surface area contributed by atoms with Crippen molar-refractivity contribution in [2.24, 2.45) is 5.92 Å². The van der Waals surface area contributed by atoms with E-state index in [4.69, 9.17) is 27.9 Å². The minimum absolute atomic E-state index is 0.253. The zero-order chi connectivity index (χ0) is 20.7. The summed E-state index contributed by atoms with van der Waals surface area (Å²) in [5, 5.41) is 35.6. The van der Waals surface area contributed by atoms with Crippen LogP contribution >= 0.6 is 23.2 Å². The number of nitrogens with one attached hydrogen (secondary N) is 2. The SMILES string of the molecule is CC(=O)NC(C)C(=O)N[C@H]1[C@@H]2C(=C(O)C[C@H](O)[C@H]2O)C(=O)O[C@]1(C)C(Cl)Cl. The fourth-order valence-corrected chi connectivity index (χ4v) is 3.75. The van der Waals surface area contributed by atoms with Gasteiger partial charge in [0.15, 0.2) is 5.60 Å². The van der Waals surface area contributed by atoms with Crippen molar-refractivity contribution in [3.8, 4) is 0 Å². The Balaban J connectivity index is 2.47. The van der Waals surface area contributed by atoms with Crippen LogP contribution in [0.25, 0.3) is 0 Å². The van der Waals surface area contributed by atoms with Crippen LogP contribution in [0.5, 0.6) is 0 Å². The highest BCUT2D eigenvalue weighted by atomic mass is 35.5. The van der Waals surface area contributed by atoms with Crippen LogP contribution in [0.2, 0.25) is 0 Å². The lowest BCUT2D eigenvalue weighted by Crippen LogP contribution is -2.69. The van der Waals surface area contributed by atoms with Gasteiger partial charge in [-0.3, -0.25) is 9.59 Å². The van der Waals surface area contributed by atoms with Crippen molar-refractivity contribution in [1.29, 1.82) is 0 Å². The first kappa shape index (κ1) is 21.7. The highest BCUT2D eigenvalue weighted by Crippen LogP contribution is 2.44. The van der Waals surface area contributed by atoms with Gasteiger partial charge in [-0.05, 0) is 13.8 Å². The molecule has 0 aromatic carbocycles. The maximum atomic E-state index is 12.5. The number of fused-ring (bicyclic) bond motifs is 1. The number of amides is 2. The summed E-state index contributed by atoms with van der Waals surface area (Å²) in [5.74, 6) is -3.69. The number of cyclic esters (lactones) is 1. The molecule has 2 aliphatic rings. The first-order chi connectivity index (χ1) is 12.4. The molecule has 0 saturated carbocycles. The normalized spacial score (nSPS) is 34.6. The zero-order valence-corrected chi connectivity index (χ0v) is 16.4. The Bertz CT molecular complexity index is 684. The standard InChI is InChI=1S/C16H22Cl2N2O7/c1-5(19-6(2)21)13(25)20-12-10-9(7(22)4-8(23)11(10)24)14(26)27-16(12,3)15(17)18/h5,8,10-12,15,22-24H,4H2,1-3H3,(H,19,21)(H,20,25)/t5?,8-,10+,11+,12-,16-/m0/s1. The fourth-order valence-electron chi connectivity index (χ4n) is 3.39. The molecule has 1 heterocycles. The van der Waals surface area contributed by atoms with Gasteiger partial charge in [0.1, 0.15) is 16.6 Å². The lowest BCUT2D eigenvalue weighted by atomic mass is 9.71. The van der Waals surface area contributed by atoms with Crippen LogP contribution in [-0.4, -0.2) is 67.8 Å². The molecule has 1 saturated heterocycles. The minimum Gasteiger partial charge on any atom is -0.512 e. The molecule has 1 unspecified atom stereocenters. The van der Waals surface area contributed by atoms with Crippen LogP contribution in [0.4, 0.5) is 0 Å². The average molecular weight is 425 g/mol. The van der Waals surface area contributed by atoms with E-state index in [2.05, 4.69) is 10.6 Å². The van der Waals surface area contributed by atoms with Gasteiger partial charge in [-0.1, -0.05) is 0 Å². The monoisotopic (exact) mass is 424 g/mol. The Kier molecular flexibility index (Phi) is 6.30. The van der Waals surface area contributed by atoms with Gasteiger partial charge in [0.05, 0.1) is 23.8 Å². The van der Waals surface area contributed by atoms with Crippen molar-refractivity contribution in [1.82, 2.24) is 10.6 Å². The highest BCUT2D eigenvalue weighted by molar-refractivity contribution is 6.45. The molecule has 0 aromatic rings. The second-order valence-corrected chi connectivity index (χ2v) is 8.03.